The number of rotatable bonds is 4. The molecule has 1 fully saturated rings. The fraction of sp³-hybridized carbons (Fsp3) is 0.235. The Bertz CT molecular complexity index is 903. The maximum atomic E-state index is 12.7. The number of pyridine rings is 1. The van der Waals surface area contributed by atoms with Crippen LogP contribution in [0.3, 0.4) is 0 Å². The Morgan fingerprint density at radius 3 is 2.81 bits per heavy atom. The summed E-state index contributed by atoms with van der Waals surface area (Å²) in [5, 5.41) is 14.1. The molecule has 3 aromatic rings. The molecular formula is C17H17N7O2. The molecule has 1 aliphatic heterocycles. The van der Waals surface area contributed by atoms with Gasteiger partial charge in [0.15, 0.2) is 11.5 Å². The maximum absolute atomic E-state index is 12.7. The molecule has 0 saturated carbocycles. The van der Waals surface area contributed by atoms with Crippen LogP contribution in [0, 0.1) is 0 Å². The molecule has 4 heterocycles. The lowest BCUT2D eigenvalue weighted by molar-refractivity contribution is 0.0719. The summed E-state index contributed by atoms with van der Waals surface area (Å²) in [4.78, 5) is 17.1. The molecule has 1 saturated heterocycles. The van der Waals surface area contributed by atoms with Gasteiger partial charge in [-0.2, -0.15) is 5.10 Å². The quantitative estimate of drug-likeness (QED) is 0.751. The van der Waals surface area contributed by atoms with Crippen molar-refractivity contribution in [2.75, 3.05) is 20.2 Å². The van der Waals surface area contributed by atoms with Crippen LogP contribution in [0.15, 0.2) is 42.6 Å². The molecule has 0 aromatic carbocycles. The van der Waals surface area contributed by atoms with Gasteiger partial charge in [-0.3, -0.25) is 14.8 Å². The van der Waals surface area contributed by atoms with Gasteiger partial charge >= 0.3 is 0 Å². The second-order valence-electron chi connectivity index (χ2n) is 5.69. The number of ether oxygens (including phenoxy) is 1. The fourth-order valence-corrected chi connectivity index (χ4v) is 2.73. The molecule has 9 nitrogen and oxygen atoms in total. The first-order chi connectivity index (χ1) is 12.8. The molecule has 0 spiro atoms. The van der Waals surface area contributed by atoms with E-state index in [2.05, 4.69) is 25.7 Å². The van der Waals surface area contributed by atoms with E-state index in [0.29, 0.717) is 35.3 Å². The first-order valence-electron chi connectivity index (χ1n) is 8.21. The molecule has 3 aromatic heterocycles. The second kappa shape index (κ2) is 6.89. The van der Waals surface area contributed by atoms with E-state index in [-0.39, 0.29) is 5.91 Å². The van der Waals surface area contributed by atoms with E-state index in [1.807, 2.05) is 18.2 Å². The predicted molar refractivity (Wildman–Crippen MR) is 92.6 cm³/mol. The predicted octanol–water partition coefficient (Wildman–Crippen LogP) is 1.08. The number of nitrogens with zero attached hydrogens (tertiary/aromatic N) is 6. The zero-order valence-corrected chi connectivity index (χ0v) is 14.2. The first-order valence-corrected chi connectivity index (χ1v) is 8.21. The van der Waals surface area contributed by atoms with E-state index in [0.717, 1.165) is 13.0 Å². The molecule has 1 aliphatic rings. The van der Waals surface area contributed by atoms with Crippen LogP contribution in [-0.2, 0) is 0 Å². The summed E-state index contributed by atoms with van der Waals surface area (Å²) < 4.78 is 6.61. The van der Waals surface area contributed by atoms with Gasteiger partial charge in [-0.1, -0.05) is 6.07 Å². The van der Waals surface area contributed by atoms with E-state index in [1.165, 1.54) is 7.11 Å². The Balaban J connectivity index is 1.78. The third-order valence-corrected chi connectivity index (χ3v) is 4.01. The Hall–Kier alpha value is -3.33. The summed E-state index contributed by atoms with van der Waals surface area (Å²) in [5.74, 6) is 0.692. The van der Waals surface area contributed by atoms with E-state index in [9.17, 15) is 4.79 Å². The molecule has 0 aliphatic carbocycles. The standard InChI is InChI=1S/C17H17N7O2/c1-26-16-7-6-15(20-21-16)24-14(12-5-2-3-8-18-12)11-13(22-24)17(25)23-10-4-9-19-23/h2-3,5-8,11,19H,4,9-10H2,1H3. The zero-order valence-electron chi connectivity index (χ0n) is 14.2. The van der Waals surface area contributed by atoms with Crippen molar-refractivity contribution in [3.8, 4) is 23.1 Å². The number of carbonyl (C=O) groups is 1. The summed E-state index contributed by atoms with van der Waals surface area (Å²) >= 11 is 0. The Morgan fingerprint density at radius 2 is 2.15 bits per heavy atom. The van der Waals surface area contributed by atoms with E-state index in [1.54, 1.807) is 34.1 Å². The molecule has 9 heteroatoms. The number of carbonyl (C=O) groups excluding carboxylic acids is 1. The van der Waals surface area contributed by atoms with Crippen molar-refractivity contribution in [3.63, 3.8) is 0 Å². The largest absolute Gasteiger partial charge is 0.480 e. The smallest absolute Gasteiger partial charge is 0.288 e. The van der Waals surface area contributed by atoms with Crippen molar-refractivity contribution in [3.05, 3.63) is 48.3 Å². The second-order valence-corrected chi connectivity index (χ2v) is 5.69. The number of nitrogens with one attached hydrogen (secondary N) is 1. The molecule has 132 valence electrons. The van der Waals surface area contributed by atoms with Gasteiger partial charge in [-0.25, -0.2) is 10.1 Å². The highest BCUT2D eigenvalue weighted by Gasteiger charge is 2.24. The summed E-state index contributed by atoms with van der Waals surface area (Å²) in [6.07, 6.45) is 2.61. The summed E-state index contributed by atoms with van der Waals surface area (Å²) in [7, 11) is 1.52. The van der Waals surface area contributed by atoms with Crippen LogP contribution in [0.2, 0.25) is 0 Å². The number of amides is 1. The van der Waals surface area contributed by atoms with Crippen molar-refractivity contribution in [1.29, 1.82) is 0 Å². The van der Waals surface area contributed by atoms with E-state index in [4.69, 9.17) is 4.74 Å². The summed E-state index contributed by atoms with van der Waals surface area (Å²) in [6.45, 7) is 1.44. The van der Waals surface area contributed by atoms with Crippen molar-refractivity contribution in [1.82, 2.24) is 35.4 Å². The highest BCUT2D eigenvalue weighted by Crippen LogP contribution is 2.22. The minimum absolute atomic E-state index is 0.181. The van der Waals surface area contributed by atoms with Crippen LogP contribution < -0.4 is 10.2 Å². The molecule has 0 radical (unpaired) electrons. The van der Waals surface area contributed by atoms with Gasteiger partial charge < -0.3 is 4.74 Å². The van der Waals surface area contributed by atoms with Gasteiger partial charge in [0.2, 0.25) is 5.88 Å². The van der Waals surface area contributed by atoms with Gasteiger partial charge in [-0.15, -0.1) is 10.2 Å². The van der Waals surface area contributed by atoms with Crippen LogP contribution in [0.4, 0.5) is 0 Å². The molecule has 0 atom stereocenters. The molecule has 4 rings (SSSR count). The van der Waals surface area contributed by atoms with Crippen LogP contribution >= 0.6 is 0 Å². The van der Waals surface area contributed by atoms with E-state index < -0.39 is 0 Å². The minimum Gasteiger partial charge on any atom is -0.480 e. The van der Waals surface area contributed by atoms with Gasteiger partial charge in [-0.05, 0) is 30.7 Å². The third-order valence-electron chi connectivity index (χ3n) is 4.01. The Labute approximate surface area is 149 Å². The highest BCUT2D eigenvalue weighted by molar-refractivity contribution is 5.93. The number of hydrogen-bond acceptors (Lipinski definition) is 7. The van der Waals surface area contributed by atoms with Crippen molar-refractivity contribution >= 4 is 5.91 Å². The molecule has 1 amide bonds. The first kappa shape index (κ1) is 16.2. The normalized spacial score (nSPS) is 13.8. The monoisotopic (exact) mass is 351 g/mol. The van der Waals surface area contributed by atoms with Crippen LogP contribution in [0.1, 0.15) is 16.9 Å². The summed E-state index contributed by atoms with van der Waals surface area (Å²) in [6, 6.07) is 10.7. The molecule has 1 N–H and O–H groups in total. The number of hydrogen-bond donors (Lipinski definition) is 1. The van der Waals surface area contributed by atoms with Gasteiger partial charge in [0.1, 0.15) is 0 Å². The lowest BCUT2D eigenvalue weighted by Gasteiger charge is -2.13. The SMILES string of the molecule is COc1ccc(-n2nc(C(=O)N3CCCN3)cc2-c2ccccn2)nn1. The van der Waals surface area contributed by atoms with Crippen LogP contribution in [0.5, 0.6) is 5.88 Å². The molecule has 0 unspecified atom stereocenters. The lowest BCUT2D eigenvalue weighted by Crippen LogP contribution is -2.37. The van der Waals surface area contributed by atoms with Crippen LogP contribution in [0.25, 0.3) is 17.2 Å². The summed E-state index contributed by atoms with van der Waals surface area (Å²) in [5.41, 5.74) is 4.72. The number of methoxy groups -OCH3 is 1. The third kappa shape index (κ3) is 3.00. The lowest BCUT2D eigenvalue weighted by atomic mass is 10.2. The average Bonchev–Trinajstić information content (AvgIpc) is 3.38. The minimum atomic E-state index is -0.181. The van der Waals surface area contributed by atoms with Gasteiger partial charge in [0.25, 0.3) is 5.91 Å². The number of aromatic nitrogens is 5. The Kier molecular flexibility index (Phi) is 4.28. The Morgan fingerprint density at radius 1 is 1.23 bits per heavy atom. The highest BCUT2D eigenvalue weighted by atomic mass is 16.5. The number of hydrazine groups is 1. The molecular weight excluding hydrogens is 334 g/mol. The van der Waals surface area contributed by atoms with E-state index >= 15 is 0 Å². The van der Waals surface area contributed by atoms with Crippen molar-refractivity contribution < 1.29 is 9.53 Å². The van der Waals surface area contributed by atoms with Gasteiger partial charge in [0, 0.05) is 25.4 Å². The van der Waals surface area contributed by atoms with Gasteiger partial charge in [0.05, 0.1) is 18.5 Å². The van der Waals surface area contributed by atoms with Crippen LogP contribution in [-0.4, -0.2) is 56.1 Å². The average molecular weight is 351 g/mol. The zero-order chi connectivity index (χ0) is 17.9. The topological polar surface area (TPSA) is 98.1 Å². The fourth-order valence-electron chi connectivity index (χ4n) is 2.73. The van der Waals surface area contributed by atoms with Crippen molar-refractivity contribution in [2.24, 2.45) is 0 Å². The molecule has 26 heavy (non-hydrogen) atoms. The molecule has 0 bridgehead atoms. The van der Waals surface area contributed by atoms with Crippen molar-refractivity contribution in [2.45, 2.75) is 6.42 Å². The maximum Gasteiger partial charge on any atom is 0.288 e.